The van der Waals surface area contributed by atoms with Crippen LogP contribution in [0.3, 0.4) is 0 Å². The van der Waals surface area contributed by atoms with Crippen LogP contribution in [0.5, 0.6) is 0 Å². The number of aryl methyl sites for hydroxylation is 1. The maximum atomic E-state index is 2.49. The molecule has 81 valence electrons. The Hall–Kier alpha value is -0.780. The summed E-state index contributed by atoms with van der Waals surface area (Å²) >= 11 is 0. The zero-order valence-corrected chi connectivity index (χ0v) is 9.92. The molecular formula is C15H21. The molecule has 0 aliphatic heterocycles. The van der Waals surface area contributed by atoms with E-state index in [1.807, 2.05) is 0 Å². The molecule has 0 spiro atoms. The topological polar surface area (TPSA) is 0 Å². The van der Waals surface area contributed by atoms with Crippen molar-refractivity contribution in [1.29, 1.82) is 0 Å². The van der Waals surface area contributed by atoms with Crippen LogP contribution in [-0.4, -0.2) is 0 Å². The molecule has 1 atom stereocenters. The Balaban J connectivity index is 2.23. The van der Waals surface area contributed by atoms with E-state index >= 15 is 0 Å². The molecule has 1 saturated carbocycles. The lowest BCUT2D eigenvalue weighted by Gasteiger charge is -2.18. The van der Waals surface area contributed by atoms with Gasteiger partial charge in [0.15, 0.2) is 0 Å². The molecule has 0 bridgehead atoms. The summed E-state index contributed by atoms with van der Waals surface area (Å²) in [6, 6.07) is 6.76. The molecule has 1 radical (unpaired) electrons. The Morgan fingerprint density at radius 1 is 1.13 bits per heavy atom. The van der Waals surface area contributed by atoms with Gasteiger partial charge in [-0.2, -0.15) is 0 Å². The van der Waals surface area contributed by atoms with E-state index in [9.17, 15) is 0 Å². The molecule has 0 aromatic heterocycles. The van der Waals surface area contributed by atoms with Crippen molar-refractivity contribution in [3.8, 4) is 0 Å². The van der Waals surface area contributed by atoms with Crippen LogP contribution in [0.1, 0.15) is 54.7 Å². The third kappa shape index (κ3) is 2.42. The zero-order valence-electron chi connectivity index (χ0n) is 9.92. The lowest BCUT2D eigenvalue weighted by molar-refractivity contribution is 0.611. The fourth-order valence-corrected chi connectivity index (χ4v) is 2.61. The maximum Gasteiger partial charge on any atom is -0.0157 e. The van der Waals surface area contributed by atoms with Crippen LogP contribution in [0, 0.1) is 20.3 Å². The molecule has 0 N–H and O–H groups in total. The van der Waals surface area contributed by atoms with Gasteiger partial charge < -0.3 is 0 Å². The van der Waals surface area contributed by atoms with Crippen LogP contribution in [0.4, 0.5) is 0 Å². The predicted octanol–water partition coefficient (Wildman–Crippen LogP) is 4.56. The summed E-state index contributed by atoms with van der Waals surface area (Å²) in [5.41, 5.74) is 4.54. The summed E-state index contributed by atoms with van der Waals surface area (Å²) in [6.07, 6.45) is 9.25. The average molecular weight is 201 g/mol. The first kappa shape index (κ1) is 10.7. The van der Waals surface area contributed by atoms with Crippen molar-refractivity contribution in [3.05, 3.63) is 41.3 Å². The summed E-state index contributed by atoms with van der Waals surface area (Å²) in [5, 5.41) is 0. The molecule has 1 fully saturated rings. The van der Waals surface area contributed by atoms with Crippen molar-refractivity contribution in [2.75, 3.05) is 0 Å². The van der Waals surface area contributed by atoms with E-state index in [1.165, 1.54) is 43.2 Å². The average Bonchev–Trinajstić information content (AvgIpc) is 2.50. The largest absolute Gasteiger partial charge is 0.0617 e. The fourth-order valence-electron chi connectivity index (χ4n) is 2.61. The summed E-state index contributed by atoms with van der Waals surface area (Å²) in [6.45, 7) is 4.49. The minimum absolute atomic E-state index is 0.785. The minimum Gasteiger partial charge on any atom is -0.0617 e. The van der Waals surface area contributed by atoms with Gasteiger partial charge in [0.2, 0.25) is 0 Å². The van der Waals surface area contributed by atoms with Gasteiger partial charge in [0.05, 0.1) is 0 Å². The lowest BCUT2D eigenvalue weighted by atomic mass is 9.87. The summed E-state index contributed by atoms with van der Waals surface area (Å²) in [5.74, 6) is 0.785. The Morgan fingerprint density at radius 2 is 2.00 bits per heavy atom. The molecule has 1 aliphatic rings. The molecule has 0 amide bonds. The standard InChI is InChI=1S/C15H21/c1-12-8-7-11-15(13(12)2)14-9-5-3-4-6-10-14/h5,7-8,11,14H,3-4,6,9-10H2,1-2H3. The van der Waals surface area contributed by atoms with Crippen LogP contribution in [0.15, 0.2) is 18.2 Å². The van der Waals surface area contributed by atoms with Crippen molar-refractivity contribution in [3.63, 3.8) is 0 Å². The van der Waals surface area contributed by atoms with Gasteiger partial charge in [0.25, 0.3) is 0 Å². The SMILES string of the molecule is Cc1cccc(C2C[CH]CCCC2)c1C. The van der Waals surface area contributed by atoms with E-state index in [2.05, 4.69) is 38.5 Å². The maximum absolute atomic E-state index is 2.49. The number of rotatable bonds is 1. The molecule has 1 aromatic rings. The van der Waals surface area contributed by atoms with Gasteiger partial charge in [-0.15, -0.1) is 0 Å². The zero-order chi connectivity index (χ0) is 10.7. The van der Waals surface area contributed by atoms with Crippen molar-refractivity contribution in [1.82, 2.24) is 0 Å². The second kappa shape index (κ2) is 4.83. The fraction of sp³-hybridized carbons (Fsp3) is 0.533. The first-order valence-corrected chi connectivity index (χ1v) is 6.17. The molecule has 2 rings (SSSR count). The number of hydrogen-bond donors (Lipinski definition) is 0. The molecule has 0 saturated heterocycles. The van der Waals surface area contributed by atoms with Crippen molar-refractivity contribution in [2.24, 2.45) is 0 Å². The van der Waals surface area contributed by atoms with Gasteiger partial charge in [0.1, 0.15) is 0 Å². The van der Waals surface area contributed by atoms with Crippen molar-refractivity contribution < 1.29 is 0 Å². The Kier molecular flexibility index (Phi) is 3.45. The second-order valence-corrected chi connectivity index (χ2v) is 4.79. The molecule has 0 heteroatoms. The van der Waals surface area contributed by atoms with Crippen LogP contribution in [-0.2, 0) is 0 Å². The smallest absolute Gasteiger partial charge is 0.0157 e. The molecule has 0 heterocycles. The molecular weight excluding hydrogens is 180 g/mol. The van der Waals surface area contributed by atoms with Gasteiger partial charge >= 0.3 is 0 Å². The van der Waals surface area contributed by atoms with Gasteiger partial charge in [-0.25, -0.2) is 0 Å². The molecule has 0 nitrogen and oxygen atoms in total. The Morgan fingerprint density at radius 3 is 2.87 bits per heavy atom. The van der Waals surface area contributed by atoms with E-state index in [0.717, 1.165) is 5.92 Å². The normalized spacial score (nSPS) is 18.8. The van der Waals surface area contributed by atoms with E-state index < -0.39 is 0 Å². The molecule has 15 heavy (non-hydrogen) atoms. The molecule has 1 unspecified atom stereocenters. The van der Waals surface area contributed by atoms with E-state index in [-0.39, 0.29) is 0 Å². The highest BCUT2D eigenvalue weighted by Gasteiger charge is 2.16. The van der Waals surface area contributed by atoms with Gasteiger partial charge in [-0.3, -0.25) is 0 Å². The van der Waals surface area contributed by atoms with Crippen LogP contribution in [0.2, 0.25) is 0 Å². The third-order valence-electron chi connectivity index (χ3n) is 3.75. The van der Waals surface area contributed by atoms with Crippen LogP contribution >= 0.6 is 0 Å². The third-order valence-corrected chi connectivity index (χ3v) is 3.75. The van der Waals surface area contributed by atoms with Crippen LogP contribution in [0.25, 0.3) is 0 Å². The second-order valence-electron chi connectivity index (χ2n) is 4.79. The first-order chi connectivity index (χ1) is 7.29. The summed E-state index contributed by atoms with van der Waals surface area (Å²) in [7, 11) is 0. The van der Waals surface area contributed by atoms with Gasteiger partial charge in [-0.05, 0) is 55.7 Å². The highest BCUT2D eigenvalue weighted by molar-refractivity contribution is 5.35. The summed E-state index contributed by atoms with van der Waals surface area (Å²) < 4.78 is 0. The first-order valence-electron chi connectivity index (χ1n) is 6.17. The molecule has 1 aliphatic carbocycles. The Labute approximate surface area is 93.7 Å². The van der Waals surface area contributed by atoms with E-state index in [0.29, 0.717) is 0 Å². The van der Waals surface area contributed by atoms with Crippen molar-refractivity contribution in [2.45, 2.75) is 51.9 Å². The van der Waals surface area contributed by atoms with Gasteiger partial charge in [0, 0.05) is 0 Å². The highest BCUT2D eigenvalue weighted by atomic mass is 14.2. The quantitative estimate of drug-likeness (QED) is 0.584. The minimum atomic E-state index is 0.785. The highest BCUT2D eigenvalue weighted by Crippen LogP contribution is 2.33. The van der Waals surface area contributed by atoms with Crippen molar-refractivity contribution >= 4 is 0 Å². The summed E-state index contributed by atoms with van der Waals surface area (Å²) in [4.78, 5) is 0. The predicted molar refractivity (Wildman–Crippen MR) is 66.0 cm³/mol. The number of hydrogen-bond acceptors (Lipinski definition) is 0. The van der Waals surface area contributed by atoms with E-state index in [1.54, 1.807) is 5.56 Å². The Bertz CT molecular complexity index is 317. The number of benzene rings is 1. The van der Waals surface area contributed by atoms with Gasteiger partial charge in [-0.1, -0.05) is 37.5 Å². The lowest BCUT2D eigenvalue weighted by Crippen LogP contribution is -2.01. The van der Waals surface area contributed by atoms with Crippen LogP contribution < -0.4 is 0 Å². The van der Waals surface area contributed by atoms with E-state index in [4.69, 9.17) is 0 Å². The molecule has 1 aromatic carbocycles. The monoisotopic (exact) mass is 201 g/mol.